The van der Waals surface area contributed by atoms with Crippen LogP contribution in [0.15, 0.2) is 24.3 Å². The minimum atomic E-state index is -0.984. The summed E-state index contributed by atoms with van der Waals surface area (Å²) in [6, 6.07) is 7.33. The standard InChI is InChI=1S/C19H24N2O5/c1-2-20(17(22)9-10-18(23)24)15-7-8-16-13(15)11-12-5-3-4-6-14(12)21(16)19(25)26/h3-6,13,15-16H,2,7-11H2,1H3,(H,23,24)(H,25,26)/t13-,15?,16+/m0/s1. The average molecular weight is 360 g/mol. The lowest BCUT2D eigenvalue weighted by molar-refractivity contribution is -0.142. The predicted molar refractivity (Wildman–Crippen MR) is 95.2 cm³/mol. The second-order valence-electron chi connectivity index (χ2n) is 6.93. The zero-order valence-electron chi connectivity index (χ0n) is 14.8. The summed E-state index contributed by atoms with van der Waals surface area (Å²) < 4.78 is 0. The number of rotatable bonds is 5. The molecule has 3 rings (SSSR count). The quantitative estimate of drug-likeness (QED) is 0.841. The van der Waals surface area contributed by atoms with Crippen LogP contribution >= 0.6 is 0 Å². The summed E-state index contributed by atoms with van der Waals surface area (Å²) in [6.45, 7) is 2.39. The topological polar surface area (TPSA) is 98.2 Å². The van der Waals surface area contributed by atoms with Crippen molar-refractivity contribution in [2.75, 3.05) is 11.4 Å². The van der Waals surface area contributed by atoms with Crippen molar-refractivity contribution in [3.05, 3.63) is 29.8 Å². The fourth-order valence-electron chi connectivity index (χ4n) is 4.55. The third kappa shape index (κ3) is 3.25. The molecule has 0 radical (unpaired) electrons. The number of amides is 2. The Balaban J connectivity index is 1.86. The van der Waals surface area contributed by atoms with E-state index in [-0.39, 0.29) is 36.8 Å². The third-order valence-corrected chi connectivity index (χ3v) is 5.61. The van der Waals surface area contributed by atoms with Gasteiger partial charge in [0.1, 0.15) is 0 Å². The van der Waals surface area contributed by atoms with Crippen LogP contribution in [0.3, 0.4) is 0 Å². The van der Waals surface area contributed by atoms with Crippen LogP contribution in [0.25, 0.3) is 0 Å². The minimum absolute atomic E-state index is 0.0176. The Labute approximate surface area is 152 Å². The van der Waals surface area contributed by atoms with Gasteiger partial charge in [0.25, 0.3) is 0 Å². The Morgan fingerprint density at radius 2 is 1.88 bits per heavy atom. The van der Waals surface area contributed by atoms with E-state index in [1.54, 1.807) is 4.90 Å². The fraction of sp³-hybridized carbons (Fsp3) is 0.526. The number of nitrogens with zero attached hydrogens (tertiary/aromatic N) is 2. The third-order valence-electron chi connectivity index (χ3n) is 5.61. The molecule has 1 aromatic rings. The highest BCUT2D eigenvalue weighted by atomic mass is 16.4. The Hall–Kier alpha value is -2.57. The normalized spacial score (nSPS) is 23.9. The van der Waals surface area contributed by atoms with Crippen LogP contribution in [-0.4, -0.2) is 51.7 Å². The first-order chi connectivity index (χ1) is 12.4. The lowest BCUT2D eigenvalue weighted by atomic mass is 9.85. The van der Waals surface area contributed by atoms with Crippen LogP contribution < -0.4 is 4.90 Å². The smallest absolute Gasteiger partial charge is 0.412 e. The molecule has 0 saturated heterocycles. The van der Waals surface area contributed by atoms with Crippen molar-refractivity contribution in [3.8, 4) is 0 Å². The van der Waals surface area contributed by atoms with E-state index in [9.17, 15) is 19.5 Å². The van der Waals surface area contributed by atoms with Crippen LogP contribution in [-0.2, 0) is 16.0 Å². The molecule has 1 aliphatic heterocycles. The molecular formula is C19H24N2O5. The van der Waals surface area contributed by atoms with Crippen LogP contribution in [0.5, 0.6) is 0 Å². The highest BCUT2D eigenvalue weighted by Crippen LogP contribution is 2.43. The van der Waals surface area contributed by atoms with Crippen molar-refractivity contribution in [1.29, 1.82) is 0 Å². The molecule has 7 heteroatoms. The molecule has 2 amide bonds. The molecule has 0 spiro atoms. The van der Waals surface area contributed by atoms with Crippen molar-refractivity contribution >= 4 is 23.7 Å². The molecule has 1 saturated carbocycles. The molecular weight excluding hydrogens is 336 g/mol. The maximum absolute atomic E-state index is 12.5. The molecule has 1 unspecified atom stereocenters. The molecule has 1 aromatic carbocycles. The van der Waals surface area contributed by atoms with Gasteiger partial charge in [-0.1, -0.05) is 18.2 Å². The summed E-state index contributed by atoms with van der Waals surface area (Å²) in [5.74, 6) is -1.11. The van der Waals surface area contributed by atoms with Gasteiger partial charge in [-0.05, 0) is 37.8 Å². The van der Waals surface area contributed by atoms with Gasteiger partial charge in [0, 0.05) is 31.0 Å². The van der Waals surface area contributed by atoms with E-state index in [2.05, 4.69) is 0 Å². The molecule has 7 nitrogen and oxygen atoms in total. The number of hydrogen-bond acceptors (Lipinski definition) is 3. The zero-order valence-corrected chi connectivity index (χ0v) is 14.8. The number of carboxylic acid groups (broad SMARTS) is 2. The molecule has 140 valence electrons. The number of fused-ring (bicyclic) bond motifs is 2. The van der Waals surface area contributed by atoms with Gasteiger partial charge < -0.3 is 15.1 Å². The summed E-state index contributed by atoms with van der Waals surface area (Å²) >= 11 is 0. The van der Waals surface area contributed by atoms with Gasteiger partial charge in [0.15, 0.2) is 0 Å². The first-order valence-corrected chi connectivity index (χ1v) is 9.05. The first-order valence-electron chi connectivity index (χ1n) is 9.05. The van der Waals surface area contributed by atoms with E-state index in [0.29, 0.717) is 13.0 Å². The molecule has 2 aliphatic rings. The lowest BCUT2D eigenvalue weighted by Gasteiger charge is -2.41. The Kier molecular flexibility index (Phi) is 5.15. The second kappa shape index (κ2) is 7.35. The van der Waals surface area contributed by atoms with Gasteiger partial charge in [0.05, 0.1) is 12.1 Å². The van der Waals surface area contributed by atoms with E-state index < -0.39 is 12.1 Å². The van der Waals surface area contributed by atoms with E-state index in [0.717, 1.165) is 24.1 Å². The van der Waals surface area contributed by atoms with Crippen LogP contribution in [0.4, 0.5) is 10.5 Å². The number of hydrogen-bond donors (Lipinski definition) is 2. The van der Waals surface area contributed by atoms with Crippen molar-refractivity contribution in [2.24, 2.45) is 5.92 Å². The summed E-state index contributed by atoms with van der Waals surface area (Å²) in [4.78, 5) is 38.4. The summed E-state index contributed by atoms with van der Waals surface area (Å²) in [7, 11) is 0. The number of carbonyl (C=O) groups excluding carboxylic acids is 1. The number of anilines is 1. The molecule has 1 heterocycles. The van der Waals surface area contributed by atoms with Crippen LogP contribution in [0.1, 0.15) is 38.2 Å². The maximum atomic E-state index is 12.5. The maximum Gasteiger partial charge on any atom is 0.412 e. The largest absolute Gasteiger partial charge is 0.481 e. The SMILES string of the molecule is CCN(C(=O)CCC(=O)O)C1CC[C@@H]2[C@H]1Cc1ccccc1N2C(=O)O. The number of benzene rings is 1. The van der Waals surface area contributed by atoms with Gasteiger partial charge in [-0.2, -0.15) is 0 Å². The van der Waals surface area contributed by atoms with Crippen molar-refractivity contribution in [2.45, 2.75) is 51.1 Å². The van der Waals surface area contributed by atoms with Crippen LogP contribution in [0.2, 0.25) is 0 Å². The Bertz CT molecular complexity index is 720. The molecule has 3 atom stereocenters. The van der Waals surface area contributed by atoms with Gasteiger partial charge in [-0.3, -0.25) is 14.5 Å². The first kappa shape index (κ1) is 18.2. The fourth-order valence-corrected chi connectivity index (χ4v) is 4.55. The van der Waals surface area contributed by atoms with Gasteiger partial charge in [0.2, 0.25) is 5.91 Å². The summed E-state index contributed by atoms with van der Waals surface area (Å²) in [5.41, 5.74) is 1.72. The van der Waals surface area contributed by atoms with E-state index in [4.69, 9.17) is 5.11 Å². The molecule has 0 bridgehead atoms. The van der Waals surface area contributed by atoms with E-state index in [1.807, 2.05) is 31.2 Å². The van der Waals surface area contributed by atoms with E-state index in [1.165, 1.54) is 4.90 Å². The summed E-state index contributed by atoms with van der Waals surface area (Å²) in [5, 5.41) is 18.6. The molecule has 2 N–H and O–H groups in total. The molecule has 26 heavy (non-hydrogen) atoms. The Morgan fingerprint density at radius 3 is 2.54 bits per heavy atom. The minimum Gasteiger partial charge on any atom is -0.481 e. The number of carboxylic acids is 1. The van der Waals surface area contributed by atoms with E-state index >= 15 is 0 Å². The van der Waals surface area contributed by atoms with Gasteiger partial charge in [-0.25, -0.2) is 4.79 Å². The second-order valence-corrected chi connectivity index (χ2v) is 6.93. The van der Waals surface area contributed by atoms with Gasteiger partial charge >= 0.3 is 12.1 Å². The van der Waals surface area contributed by atoms with Gasteiger partial charge in [-0.15, -0.1) is 0 Å². The molecule has 1 aliphatic carbocycles. The average Bonchev–Trinajstić information content (AvgIpc) is 3.01. The molecule has 0 aromatic heterocycles. The highest BCUT2D eigenvalue weighted by Gasteiger charge is 2.47. The number of aliphatic carboxylic acids is 1. The zero-order chi connectivity index (χ0) is 18.8. The summed E-state index contributed by atoms with van der Waals surface area (Å²) in [6.07, 6.45) is 1.01. The van der Waals surface area contributed by atoms with Crippen molar-refractivity contribution in [3.63, 3.8) is 0 Å². The van der Waals surface area contributed by atoms with Crippen molar-refractivity contribution < 1.29 is 24.6 Å². The lowest BCUT2D eigenvalue weighted by Crippen LogP contribution is -2.51. The van der Waals surface area contributed by atoms with Crippen LogP contribution in [0, 0.1) is 5.92 Å². The predicted octanol–water partition coefficient (Wildman–Crippen LogP) is 2.59. The monoisotopic (exact) mass is 360 g/mol. The number of para-hydroxylation sites is 1. The highest BCUT2D eigenvalue weighted by molar-refractivity contribution is 5.89. The van der Waals surface area contributed by atoms with Crippen molar-refractivity contribution in [1.82, 2.24) is 4.90 Å². The Morgan fingerprint density at radius 1 is 1.15 bits per heavy atom. The number of carbonyl (C=O) groups is 3. The molecule has 1 fully saturated rings.